The molecule has 0 radical (unpaired) electrons. The summed E-state index contributed by atoms with van der Waals surface area (Å²) < 4.78 is 11.4. The number of ether oxygens (including phenoxy) is 2. The molecular weight excluding hydrogens is 402 g/mol. The summed E-state index contributed by atoms with van der Waals surface area (Å²) in [4.78, 5) is 17.1. The van der Waals surface area contributed by atoms with Gasteiger partial charge in [0, 0.05) is 4.47 Å². The lowest BCUT2D eigenvalue weighted by atomic mass is 10.1. The molecule has 0 saturated heterocycles. The van der Waals surface area contributed by atoms with E-state index in [1.165, 1.54) is 7.11 Å². The van der Waals surface area contributed by atoms with Crippen molar-refractivity contribution < 1.29 is 24.2 Å². The van der Waals surface area contributed by atoms with E-state index in [-0.39, 0.29) is 13.2 Å². The van der Waals surface area contributed by atoms with Crippen LogP contribution < -0.4 is 15.0 Å². The number of carbonyl (C=O) groups excluding carboxylic acids is 1. The van der Waals surface area contributed by atoms with Crippen molar-refractivity contribution in [3.05, 3.63) is 58.1 Å². The van der Waals surface area contributed by atoms with Gasteiger partial charge in [-0.15, -0.1) is 6.42 Å². The molecule has 0 bridgehead atoms. The van der Waals surface area contributed by atoms with Crippen LogP contribution in [0.1, 0.15) is 17.2 Å². The van der Waals surface area contributed by atoms with E-state index in [9.17, 15) is 9.90 Å². The van der Waals surface area contributed by atoms with E-state index in [0.717, 1.165) is 10.0 Å². The quantitative estimate of drug-likeness (QED) is 0.508. The van der Waals surface area contributed by atoms with Crippen molar-refractivity contribution >= 4 is 21.8 Å². The van der Waals surface area contributed by atoms with Gasteiger partial charge in [0.25, 0.3) is 5.91 Å². The van der Waals surface area contributed by atoms with Gasteiger partial charge >= 0.3 is 0 Å². The molecule has 1 unspecified atom stereocenters. The van der Waals surface area contributed by atoms with Crippen LogP contribution >= 0.6 is 15.9 Å². The molecule has 0 aromatic heterocycles. The van der Waals surface area contributed by atoms with Crippen LogP contribution in [0.2, 0.25) is 0 Å². The van der Waals surface area contributed by atoms with Crippen LogP contribution in [-0.4, -0.2) is 24.7 Å². The van der Waals surface area contributed by atoms with Gasteiger partial charge in [0.15, 0.2) is 17.6 Å². The zero-order chi connectivity index (χ0) is 18.9. The standard InChI is InChI=1S/C19H18BrNO5/c1-3-10-25-16-9-4-13(11-17(16)24-2)12-26-21-19(23)18(22)14-5-7-15(20)8-6-14/h1,4-9,11,18,22H,10,12H2,2H3,(H,21,23). The summed E-state index contributed by atoms with van der Waals surface area (Å²) in [7, 11) is 1.51. The van der Waals surface area contributed by atoms with Gasteiger partial charge in [0.05, 0.1) is 13.7 Å². The second-order valence-electron chi connectivity index (χ2n) is 5.19. The zero-order valence-corrected chi connectivity index (χ0v) is 15.7. The lowest BCUT2D eigenvalue weighted by Crippen LogP contribution is -2.29. The van der Waals surface area contributed by atoms with Crippen molar-refractivity contribution in [2.75, 3.05) is 13.7 Å². The van der Waals surface area contributed by atoms with Crippen LogP contribution in [0.4, 0.5) is 0 Å². The Kier molecular flexibility index (Phi) is 7.48. The number of benzene rings is 2. The molecule has 0 aliphatic heterocycles. The molecule has 0 spiro atoms. The Hall–Kier alpha value is -2.53. The van der Waals surface area contributed by atoms with E-state index >= 15 is 0 Å². The Morgan fingerprint density at radius 2 is 2.00 bits per heavy atom. The summed E-state index contributed by atoms with van der Waals surface area (Å²) in [6, 6.07) is 11.9. The van der Waals surface area contributed by atoms with E-state index in [0.29, 0.717) is 17.1 Å². The van der Waals surface area contributed by atoms with Crippen molar-refractivity contribution in [2.45, 2.75) is 12.7 Å². The van der Waals surface area contributed by atoms with Crippen LogP contribution in [-0.2, 0) is 16.2 Å². The van der Waals surface area contributed by atoms with Gasteiger partial charge in [-0.25, -0.2) is 5.48 Å². The first kappa shape index (κ1) is 19.8. The highest BCUT2D eigenvalue weighted by molar-refractivity contribution is 9.10. The topological polar surface area (TPSA) is 77.0 Å². The highest BCUT2D eigenvalue weighted by Crippen LogP contribution is 2.28. The number of nitrogens with one attached hydrogen (secondary N) is 1. The molecule has 2 rings (SSSR count). The fourth-order valence-electron chi connectivity index (χ4n) is 2.08. The molecule has 26 heavy (non-hydrogen) atoms. The average molecular weight is 420 g/mol. The number of hydrogen-bond acceptors (Lipinski definition) is 5. The molecule has 0 fully saturated rings. The van der Waals surface area contributed by atoms with Gasteiger partial charge in [0.2, 0.25) is 0 Å². The summed E-state index contributed by atoms with van der Waals surface area (Å²) in [5.74, 6) is 2.74. The normalized spacial score (nSPS) is 11.3. The van der Waals surface area contributed by atoms with Crippen LogP contribution in [0, 0.1) is 12.3 Å². The predicted molar refractivity (Wildman–Crippen MR) is 99.4 cm³/mol. The van der Waals surface area contributed by atoms with E-state index in [1.807, 2.05) is 0 Å². The van der Waals surface area contributed by atoms with Gasteiger partial charge in [-0.05, 0) is 35.4 Å². The number of hydroxylamine groups is 1. The largest absolute Gasteiger partial charge is 0.493 e. The fraction of sp³-hybridized carbons (Fsp3) is 0.211. The second kappa shape index (κ2) is 9.82. The maximum absolute atomic E-state index is 12.0. The van der Waals surface area contributed by atoms with Crippen LogP contribution in [0.5, 0.6) is 11.5 Å². The van der Waals surface area contributed by atoms with E-state index < -0.39 is 12.0 Å². The molecule has 1 atom stereocenters. The monoisotopic (exact) mass is 419 g/mol. The first-order valence-corrected chi connectivity index (χ1v) is 8.42. The molecule has 2 aromatic carbocycles. The molecule has 2 N–H and O–H groups in total. The van der Waals surface area contributed by atoms with E-state index in [4.69, 9.17) is 20.7 Å². The highest BCUT2D eigenvalue weighted by atomic mass is 79.9. The fourth-order valence-corrected chi connectivity index (χ4v) is 2.35. The van der Waals surface area contributed by atoms with Crippen molar-refractivity contribution in [2.24, 2.45) is 0 Å². The van der Waals surface area contributed by atoms with Crippen LogP contribution in [0.15, 0.2) is 46.9 Å². The maximum Gasteiger partial charge on any atom is 0.276 e. The minimum atomic E-state index is -1.32. The van der Waals surface area contributed by atoms with E-state index in [2.05, 4.69) is 27.3 Å². The van der Waals surface area contributed by atoms with E-state index in [1.54, 1.807) is 42.5 Å². The van der Waals surface area contributed by atoms with Crippen molar-refractivity contribution in [3.8, 4) is 23.8 Å². The summed E-state index contributed by atoms with van der Waals surface area (Å²) in [6.07, 6.45) is 3.84. The van der Waals surface area contributed by atoms with Crippen LogP contribution in [0.25, 0.3) is 0 Å². The number of hydrogen-bond donors (Lipinski definition) is 2. The van der Waals surface area contributed by atoms with Crippen molar-refractivity contribution in [1.29, 1.82) is 0 Å². The Balaban J connectivity index is 1.89. The second-order valence-corrected chi connectivity index (χ2v) is 6.10. The summed E-state index contributed by atoms with van der Waals surface area (Å²) >= 11 is 3.29. The lowest BCUT2D eigenvalue weighted by molar-refractivity contribution is -0.143. The number of amides is 1. The summed E-state index contributed by atoms with van der Waals surface area (Å²) in [6.45, 7) is 0.223. The van der Waals surface area contributed by atoms with Crippen molar-refractivity contribution in [3.63, 3.8) is 0 Å². The number of halogens is 1. The Morgan fingerprint density at radius 3 is 2.65 bits per heavy atom. The predicted octanol–water partition coefficient (Wildman–Crippen LogP) is 2.75. The first-order chi connectivity index (χ1) is 12.5. The first-order valence-electron chi connectivity index (χ1n) is 7.63. The van der Waals surface area contributed by atoms with Gasteiger partial charge in [0.1, 0.15) is 6.61 Å². The number of terminal acetylenes is 1. The molecule has 6 nitrogen and oxygen atoms in total. The van der Waals surface area contributed by atoms with Crippen molar-refractivity contribution in [1.82, 2.24) is 5.48 Å². The number of rotatable bonds is 8. The molecule has 1 amide bonds. The maximum atomic E-state index is 12.0. The van der Waals surface area contributed by atoms with Gasteiger partial charge < -0.3 is 14.6 Å². The minimum absolute atomic E-state index is 0.0879. The number of aliphatic hydroxyl groups is 1. The molecular formula is C19H18BrNO5. The zero-order valence-electron chi connectivity index (χ0n) is 14.1. The molecule has 136 valence electrons. The number of methoxy groups -OCH3 is 1. The average Bonchev–Trinajstić information content (AvgIpc) is 2.66. The Morgan fingerprint density at radius 1 is 1.27 bits per heavy atom. The molecule has 0 aliphatic rings. The minimum Gasteiger partial charge on any atom is -0.493 e. The third-order valence-corrected chi connectivity index (χ3v) is 3.91. The SMILES string of the molecule is C#CCOc1ccc(CONC(=O)C(O)c2ccc(Br)cc2)cc1OC. The Bertz CT molecular complexity index is 786. The number of aliphatic hydroxyl groups excluding tert-OH is 1. The molecule has 0 heterocycles. The van der Waals surface area contributed by atoms with Gasteiger partial charge in [-0.3, -0.25) is 9.63 Å². The number of carbonyl (C=O) groups is 1. The summed E-state index contributed by atoms with van der Waals surface area (Å²) in [5, 5.41) is 10.0. The lowest BCUT2D eigenvalue weighted by Gasteiger charge is -2.13. The smallest absolute Gasteiger partial charge is 0.276 e. The molecule has 2 aromatic rings. The molecule has 0 aliphatic carbocycles. The van der Waals surface area contributed by atoms with Gasteiger partial charge in [-0.2, -0.15) is 0 Å². The van der Waals surface area contributed by atoms with Gasteiger partial charge in [-0.1, -0.05) is 40.0 Å². The highest BCUT2D eigenvalue weighted by Gasteiger charge is 2.17. The molecule has 0 saturated carbocycles. The third kappa shape index (κ3) is 5.49. The third-order valence-electron chi connectivity index (χ3n) is 3.38. The Labute approximate surface area is 160 Å². The molecule has 7 heteroatoms. The summed E-state index contributed by atoms with van der Waals surface area (Å²) in [5.41, 5.74) is 3.44. The van der Waals surface area contributed by atoms with Crippen LogP contribution in [0.3, 0.4) is 0 Å².